The highest BCUT2D eigenvalue weighted by Gasteiger charge is 2.03. The van der Waals surface area contributed by atoms with Crippen molar-refractivity contribution >= 4 is 22.8 Å². The minimum Gasteiger partial charge on any atom is -1.00 e. The molecule has 0 rings (SSSR count). The molecule has 5 heteroatoms. The molecule has 0 aromatic carbocycles. The average Bonchev–Trinajstić information content (AvgIpc) is 1.85. The van der Waals surface area contributed by atoms with Crippen LogP contribution in [0.25, 0.3) is 0 Å². The van der Waals surface area contributed by atoms with E-state index in [1.54, 1.807) is 6.92 Å². The first kappa shape index (κ1) is 13.3. The van der Waals surface area contributed by atoms with Gasteiger partial charge in [0.25, 0.3) is 0 Å². The molecule has 11 heavy (non-hydrogen) atoms. The highest BCUT2D eigenvalue weighted by Crippen LogP contribution is 1.96. The van der Waals surface area contributed by atoms with Gasteiger partial charge in [-0.05, 0) is 18.5 Å². The quantitative estimate of drug-likeness (QED) is 0.393. The summed E-state index contributed by atoms with van der Waals surface area (Å²) in [6, 6.07) is 0. The Balaban J connectivity index is 0. The molecule has 0 aromatic rings. The predicted octanol–water partition coefficient (Wildman–Crippen LogP) is -1.90. The lowest BCUT2D eigenvalue weighted by Crippen LogP contribution is -3.00. The van der Waals surface area contributed by atoms with Crippen LogP contribution in [0.5, 0.6) is 0 Å². The number of carbonyl (C=O) groups excluding carboxylic acids is 2. The first-order chi connectivity index (χ1) is 4.66. The highest BCUT2D eigenvalue weighted by molar-refractivity contribution is 6.63. The lowest BCUT2D eigenvalue weighted by molar-refractivity contribution is -0.143. The molecule has 0 heterocycles. The Morgan fingerprint density at radius 3 is 2.27 bits per heavy atom. The first-order valence-corrected chi connectivity index (χ1v) is 3.38. The molecule has 0 radical (unpaired) electrons. The molecule has 0 aliphatic heterocycles. The summed E-state index contributed by atoms with van der Waals surface area (Å²) in [5.74, 6) is -0.378. The Morgan fingerprint density at radius 1 is 1.36 bits per heavy atom. The van der Waals surface area contributed by atoms with E-state index in [4.69, 9.17) is 11.6 Å². The Kier molecular flexibility index (Phi) is 9.47. The van der Waals surface area contributed by atoms with Crippen LogP contribution >= 0.6 is 11.6 Å². The summed E-state index contributed by atoms with van der Waals surface area (Å²) < 4.78 is 4.54. The fourth-order valence-electron chi connectivity index (χ4n) is 0.433. The van der Waals surface area contributed by atoms with Crippen LogP contribution < -0.4 is 12.4 Å². The second kappa shape index (κ2) is 7.82. The molecule has 0 aliphatic rings. The van der Waals surface area contributed by atoms with Crippen LogP contribution in [0.3, 0.4) is 0 Å². The van der Waals surface area contributed by atoms with E-state index < -0.39 is 5.24 Å². The Labute approximate surface area is 76.5 Å². The molecular weight excluding hydrogens is 191 g/mol. The second-order valence-electron chi connectivity index (χ2n) is 1.66. The van der Waals surface area contributed by atoms with E-state index >= 15 is 0 Å². The van der Waals surface area contributed by atoms with Gasteiger partial charge in [0.15, 0.2) is 0 Å². The van der Waals surface area contributed by atoms with Crippen LogP contribution in [0.4, 0.5) is 0 Å². The summed E-state index contributed by atoms with van der Waals surface area (Å²) in [4.78, 5) is 20.6. The van der Waals surface area contributed by atoms with Crippen LogP contribution in [0.15, 0.2) is 0 Å². The number of esters is 1. The molecule has 0 saturated heterocycles. The maximum Gasteiger partial charge on any atom is 0.306 e. The third-order valence-electron chi connectivity index (χ3n) is 0.831. The third-order valence-corrected chi connectivity index (χ3v) is 1.02. The molecule has 0 unspecified atom stereocenters. The zero-order chi connectivity index (χ0) is 7.98. The SMILES string of the molecule is CCOC(=O)CCC(=O)Cl.[Cl-]. The van der Waals surface area contributed by atoms with Gasteiger partial charge in [0.05, 0.1) is 13.0 Å². The van der Waals surface area contributed by atoms with Crippen LogP contribution in [-0.2, 0) is 14.3 Å². The van der Waals surface area contributed by atoms with Crippen LogP contribution in [-0.4, -0.2) is 17.8 Å². The fourth-order valence-corrected chi connectivity index (χ4v) is 0.528. The van der Waals surface area contributed by atoms with Crippen LogP contribution in [0.1, 0.15) is 19.8 Å². The van der Waals surface area contributed by atoms with Gasteiger partial charge in [0.2, 0.25) is 5.24 Å². The number of carbonyl (C=O) groups is 2. The molecule has 0 amide bonds. The fraction of sp³-hybridized carbons (Fsp3) is 0.667. The summed E-state index contributed by atoms with van der Waals surface area (Å²) >= 11 is 4.98. The molecule has 0 atom stereocenters. The molecule has 3 nitrogen and oxygen atoms in total. The molecule has 0 bridgehead atoms. The Morgan fingerprint density at radius 2 is 1.91 bits per heavy atom. The maximum absolute atomic E-state index is 10.5. The summed E-state index contributed by atoms with van der Waals surface area (Å²) in [5.41, 5.74) is 0. The number of ether oxygens (including phenoxy) is 1. The van der Waals surface area contributed by atoms with E-state index in [9.17, 15) is 9.59 Å². The summed E-state index contributed by atoms with van der Waals surface area (Å²) in [6.07, 6.45) is 0.135. The lowest BCUT2D eigenvalue weighted by atomic mass is 10.3. The van der Waals surface area contributed by atoms with Crippen molar-refractivity contribution in [2.45, 2.75) is 19.8 Å². The van der Waals surface area contributed by atoms with Gasteiger partial charge in [-0.1, -0.05) is 0 Å². The number of hydrogen-bond donors (Lipinski definition) is 0. The lowest BCUT2D eigenvalue weighted by Gasteiger charge is -1.97. The largest absolute Gasteiger partial charge is 1.00 e. The maximum atomic E-state index is 10.5. The molecule has 0 spiro atoms. The number of hydrogen-bond acceptors (Lipinski definition) is 3. The van der Waals surface area contributed by atoms with Gasteiger partial charge in [-0.2, -0.15) is 0 Å². The van der Waals surface area contributed by atoms with Gasteiger partial charge in [0, 0.05) is 6.42 Å². The van der Waals surface area contributed by atoms with Crippen molar-refractivity contribution in [3.63, 3.8) is 0 Å². The Bertz CT molecular complexity index is 136. The van der Waals surface area contributed by atoms with Gasteiger partial charge in [-0.25, -0.2) is 0 Å². The smallest absolute Gasteiger partial charge is 0.306 e. The van der Waals surface area contributed by atoms with Crippen LogP contribution in [0.2, 0.25) is 0 Å². The molecule has 0 aromatic heterocycles. The van der Waals surface area contributed by atoms with Gasteiger partial charge in [-0.3, -0.25) is 9.59 Å². The minimum atomic E-state index is -0.506. The van der Waals surface area contributed by atoms with Crippen molar-refractivity contribution in [2.75, 3.05) is 6.61 Å². The first-order valence-electron chi connectivity index (χ1n) is 3.00. The normalized spacial score (nSPS) is 8.18. The highest BCUT2D eigenvalue weighted by atomic mass is 35.5. The number of rotatable bonds is 4. The molecular formula is C6H9Cl2O3-. The zero-order valence-corrected chi connectivity index (χ0v) is 7.61. The molecule has 66 valence electrons. The van der Waals surface area contributed by atoms with Gasteiger partial charge in [0.1, 0.15) is 0 Å². The predicted molar refractivity (Wildman–Crippen MR) is 36.7 cm³/mol. The Hall–Kier alpha value is -0.280. The molecule has 0 saturated carbocycles. The van der Waals surface area contributed by atoms with Crippen molar-refractivity contribution in [3.8, 4) is 0 Å². The van der Waals surface area contributed by atoms with Crippen molar-refractivity contribution in [1.29, 1.82) is 0 Å². The van der Waals surface area contributed by atoms with Gasteiger partial charge in [-0.15, -0.1) is 0 Å². The summed E-state index contributed by atoms with van der Waals surface area (Å²) in [7, 11) is 0. The minimum absolute atomic E-state index is 0. The molecule has 0 N–H and O–H groups in total. The van der Waals surface area contributed by atoms with E-state index in [1.165, 1.54) is 0 Å². The number of halogens is 2. The zero-order valence-electron chi connectivity index (χ0n) is 6.10. The van der Waals surface area contributed by atoms with E-state index in [0.717, 1.165) is 0 Å². The van der Waals surface area contributed by atoms with Gasteiger partial charge >= 0.3 is 5.97 Å². The van der Waals surface area contributed by atoms with E-state index in [-0.39, 0.29) is 31.2 Å². The van der Waals surface area contributed by atoms with Gasteiger partial charge < -0.3 is 17.1 Å². The van der Waals surface area contributed by atoms with Crippen molar-refractivity contribution in [1.82, 2.24) is 0 Å². The third kappa shape index (κ3) is 9.72. The second-order valence-corrected chi connectivity index (χ2v) is 2.08. The molecule has 0 fully saturated rings. The monoisotopic (exact) mass is 199 g/mol. The van der Waals surface area contributed by atoms with E-state index in [0.29, 0.717) is 6.61 Å². The van der Waals surface area contributed by atoms with Crippen LogP contribution in [0, 0.1) is 0 Å². The summed E-state index contributed by atoms with van der Waals surface area (Å²) in [5, 5.41) is -0.506. The van der Waals surface area contributed by atoms with E-state index in [1.807, 2.05) is 0 Å². The summed E-state index contributed by atoms with van der Waals surface area (Å²) in [6.45, 7) is 2.05. The van der Waals surface area contributed by atoms with E-state index in [2.05, 4.69) is 4.74 Å². The molecule has 0 aliphatic carbocycles. The van der Waals surface area contributed by atoms with Crippen molar-refractivity contribution < 1.29 is 26.7 Å². The standard InChI is InChI=1S/C6H9ClO3.ClH/c1-2-10-6(9)4-3-5(7)8;/h2-4H2,1H3;1H/p-1. The topological polar surface area (TPSA) is 43.4 Å². The van der Waals surface area contributed by atoms with Crippen molar-refractivity contribution in [3.05, 3.63) is 0 Å². The van der Waals surface area contributed by atoms with Crippen molar-refractivity contribution in [2.24, 2.45) is 0 Å². The average molecular weight is 200 g/mol.